The van der Waals surface area contributed by atoms with Crippen LogP contribution in [0, 0.1) is 0 Å². The Morgan fingerprint density at radius 1 is 1.25 bits per heavy atom. The van der Waals surface area contributed by atoms with Crippen molar-refractivity contribution < 1.29 is 13.5 Å². The summed E-state index contributed by atoms with van der Waals surface area (Å²) in [6.45, 7) is 0. The van der Waals surface area contributed by atoms with Crippen LogP contribution in [-0.4, -0.2) is 37.2 Å². The molecule has 1 aromatic rings. The number of hydrogen-bond acceptors (Lipinski definition) is 5. The van der Waals surface area contributed by atoms with Crippen LogP contribution in [0.3, 0.4) is 0 Å². The summed E-state index contributed by atoms with van der Waals surface area (Å²) in [5, 5.41) is 12.6. The van der Waals surface area contributed by atoms with E-state index in [0.29, 0.717) is 5.69 Å². The minimum absolute atomic E-state index is 0.0292. The summed E-state index contributed by atoms with van der Waals surface area (Å²) >= 11 is 0. The number of rotatable bonds is 2. The molecule has 0 unspecified atom stereocenters. The van der Waals surface area contributed by atoms with E-state index in [0.717, 1.165) is 5.69 Å². The van der Waals surface area contributed by atoms with Gasteiger partial charge in [0.2, 0.25) is 0 Å². The molecule has 1 aromatic carbocycles. The number of anilines is 2. The highest BCUT2D eigenvalue weighted by atomic mass is 32.2. The minimum Gasteiger partial charge on any atom is -0.399 e. The molecule has 1 heterocycles. The summed E-state index contributed by atoms with van der Waals surface area (Å²) in [5.74, 6) is -0.196. The predicted octanol–water partition coefficient (Wildman–Crippen LogP) is -0.161. The topological polar surface area (TPSA) is 92.4 Å². The number of benzene rings is 1. The molecule has 4 N–H and O–H groups in total. The first kappa shape index (κ1) is 11.2. The summed E-state index contributed by atoms with van der Waals surface area (Å²) in [6.07, 6.45) is -0.845. The minimum atomic E-state index is -3.11. The van der Waals surface area contributed by atoms with E-state index in [1.54, 1.807) is 24.3 Å². The van der Waals surface area contributed by atoms with E-state index < -0.39 is 22.0 Å². The Kier molecular flexibility index (Phi) is 2.77. The Balaban J connectivity index is 2.08. The van der Waals surface area contributed by atoms with E-state index in [2.05, 4.69) is 5.32 Å². The monoisotopic (exact) mass is 242 g/mol. The molecule has 0 amide bonds. The number of nitrogens with one attached hydrogen (secondary N) is 1. The predicted molar refractivity (Wildman–Crippen MR) is 62.9 cm³/mol. The molecular formula is C10H14N2O3S. The molecular weight excluding hydrogens is 228 g/mol. The molecule has 0 saturated carbocycles. The van der Waals surface area contributed by atoms with Gasteiger partial charge in [-0.25, -0.2) is 8.42 Å². The first-order valence-electron chi connectivity index (χ1n) is 4.97. The molecule has 1 saturated heterocycles. The molecule has 0 bridgehead atoms. The van der Waals surface area contributed by atoms with Gasteiger partial charge in [-0.05, 0) is 24.3 Å². The second-order valence-corrected chi connectivity index (χ2v) is 6.17. The highest BCUT2D eigenvalue weighted by Gasteiger charge is 2.36. The van der Waals surface area contributed by atoms with Gasteiger partial charge in [0.25, 0.3) is 0 Å². The number of hydrogen-bond donors (Lipinski definition) is 3. The van der Waals surface area contributed by atoms with Crippen molar-refractivity contribution in [3.63, 3.8) is 0 Å². The Morgan fingerprint density at radius 2 is 1.88 bits per heavy atom. The zero-order chi connectivity index (χ0) is 11.8. The molecule has 1 aliphatic rings. The summed E-state index contributed by atoms with van der Waals surface area (Å²) < 4.78 is 22.6. The van der Waals surface area contributed by atoms with Gasteiger partial charge in [0.15, 0.2) is 9.84 Å². The molecule has 16 heavy (non-hydrogen) atoms. The van der Waals surface area contributed by atoms with Crippen LogP contribution >= 0.6 is 0 Å². The van der Waals surface area contributed by atoms with Crippen LogP contribution in [0.4, 0.5) is 11.4 Å². The van der Waals surface area contributed by atoms with E-state index in [1.165, 1.54) is 0 Å². The van der Waals surface area contributed by atoms with Crippen molar-refractivity contribution in [2.75, 3.05) is 22.6 Å². The largest absolute Gasteiger partial charge is 0.399 e. The Bertz CT molecular complexity index is 469. The molecule has 5 nitrogen and oxygen atoms in total. The third-order valence-corrected chi connectivity index (χ3v) is 4.30. The van der Waals surface area contributed by atoms with Crippen LogP contribution in [0.1, 0.15) is 0 Å². The highest BCUT2D eigenvalue weighted by molar-refractivity contribution is 7.91. The van der Waals surface area contributed by atoms with Gasteiger partial charge in [-0.1, -0.05) is 0 Å². The second kappa shape index (κ2) is 3.95. The number of nitrogens with two attached hydrogens (primary N) is 1. The maximum absolute atomic E-state index is 11.3. The maximum atomic E-state index is 11.3. The van der Waals surface area contributed by atoms with Crippen molar-refractivity contribution in [1.29, 1.82) is 0 Å². The van der Waals surface area contributed by atoms with Gasteiger partial charge in [0, 0.05) is 11.4 Å². The second-order valence-electron chi connectivity index (χ2n) is 4.02. The van der Waals surface area contributed by atoms with Crippen molar-refractivity contribution in [3.8, 4) is 0 Å². The summed E-state index contributed by atoms with van der Waals surface area (Å²) in [4.78, 5) is 0. The van der Waals surface area contributed by atoms with Gasteiger partial charge >= 0.3 is 0 Å². The quantitative estimate of drug-likeness (QED) is 0.627. The average molecular weight is 242 g/mol. The lowest BCUT2D eigenvalue weighted by molar-refractivity contribution is 0.190. The van der Waals surface area contributed by atoms with Gasteiger partial charge in [0.05, 0.1) is 23.7 Å². The smallest absolute Gasteiger partial charge is 0.155 e. The lowest BCUT2D eigenvalue weighted by Crippen LogP contribution is -2.31. The lowest BCUT2D eigenvalue weighted by Gasteiger charge is -2.16. The SMILES string of the molecule is Nc1ccc(N[C@@H]2CS(=O)(=O)C[C@H]2O)cc1. The Labute approximate surface area is 94.2 Å². The molecule has 6 heteroatoms. The zero-order valence-corrected chi connectivity index (χ0v) is 9.44. The first-order valence-corrected chi connectivity index (χ1v) is 6.79. The molecule has 0 aliphatic carbocycles. The molecule has 0 spiro atoms. The summed E-state index contributed by atoms with van der Waals surface area (Å²) in [5.41, 5.74) is 6.94. The van der Waals surface area contributed by atoms with E-state index in [-0.39, 0.29) is 11.5 Å². The van der Waals surface area contributed by atoms with Crippen molar-refractivity contribution in [2.24, 2.45) is 0 Å². The van der Waals surface area contributed by atoms with E-state index in [4.69, 9.17) is 5.73 Å². The van der Waals surface area contributed by atoms with Crippen LogP contribution in [0.25, 0.3) is 0 Å². The summed E-state index contributed by atoms with van der Waals surface area (Å²) in [7, 11) is -3.11. The van der Waals surface area contributed by atoms with Gasteiger partial charge in [-0.2, -0.15) is 0 Å². The van der Waals surface area contributed by atoms with Crippen molar-refractivity contribution in [1.82, 2.24) is 0 Å². The van der Waals surface area contributed by atoms with Gasteiger partial charge in [-0.15, -0.1) is 0 Å². The third kappa shape index (κ3) is 2.45. The number of sulfone groups is 1. The molecule has 0 aromatic heterocycles. The Hall–Kier alpha value is -1.27. The maximum Gasteiger partial charge on any atom is 0.155 e. The lowest BCUT2D eigenvalue weighted by atomic mass is 10.2. The number of nitrogen functional groups attached to an aromatic ring is 1. The van der Waals surface area contributed by atoms with Crippen molar-refractivity contribution in [2.45, 2.75) is 12.1 Å². The number of aliphatic hydroxyl groups is 1. The summed E-state index contributed by atoms with van der Waals surface area (Å²) in [6, 6.07) is 6.52. The molecule has 1 fully saturated rings. The van der Waals surface area contributed by atoms with Crippen molar-refractivity contribution >= 4 is 21.2 Å². The first-order chi connectivity index (χ1) is 7.46. The van der Waals surface area contributed by atoms with Crippen molar-refractivity contribution in [3.05, 3.63) is 24.3 Å². The molecule has 2 rings (SSSR count). The third-order valence-electron chi connectivity index (χ3n) is 2.59. The van der Waals surface area contributed by atoms with Crippen LogP contribution in [0.2, 0.25) is 0 Å². The normalized spacial score (nSPS) is 27.8. The Morgan fingerprint density at radius 3 is 2.38 bits per heavy atom. The fourth-order valence-corrected chi connectivity index (χ4v) is 3.50. The zero-order valence-electron chi connectivity index (χ0n) is 8.63. The fraction of sp³-hybridized carbons (Fsp3) is 0.400. The van der Waals surface area contributed by atoms with Crippen LogP contribution in [-0.2, 0) is 9.84 Å². The highest BCUT2D eigenvalue weighted by Crippen LogP contribution is 2.18. The number of aliphatic hydroxyl groups excluding tert-OH is 1. The van der Waals surface area contributed by atoms with E-state index >= 15 is 0 Å². The van der Waals surface area contributed by atoms with Crippen LogP contribution in [0.5, 0.6) is 0 Å². The molecule has 0 radical (unpaired) electrons. The van der Waals surface area contributed by atoms with E-state index in [9.17, 15) is 13.5 Å². The van der Waals surface area contributed by atoms with Gasteiger partial charge in [-0.3, -0.25) is 0 Å². The van der Waals surface area contributed by atoms with Gasteiger partial charge < -0.3 is 16.2 Å². The molecule has 88 valence electrons. The van der Waals surface area contributed by atoms with Crippen LogP contribution in [0.15, 0.2) is 24.3 Å². The van der Waals surface area contributed by atoms with E-state index in [1.807, 2.05) is 0 Å². The molecule has 2 atom stereocenters. The molecule has 1 aliphatic heterocycles. The average Bonchev–Trinajstić information content (AvgIpc) is 2.44. The fourth-order valence-electron chi connectivity index (χ4n) is 1.76. The standard InChI is InChI=1S/C10H14N2O3S/c11-7-1-3-8(4-2-7)12-9-5-16(14,15)6-10(9)13/h1-4,9-10,12-13H,5-6,11H2/t9-,10-/m1/s1. The van der Waals surface area contributed by atoms with Crippen LogP contribution < -0.4 is 11.1 Å². The van der Waals surface area contributed by atoms with Gasteiger partial charge in [0.1, 0.15) is 0 Å².